The lowest BCUT2D eigenvalue weighted by molar-refractivity contribution is 0.386. The summed E-state index contributed by atoms with van der Waals surface area (Å²) >= 11 is 3.61. The van der Waals surface area contributed by atoms with Crippen LogP contribution in [0.3, 0.4) is 0 Å². The van der Waals surface area contributed by atoms with E-state index < -0.39 is 0 Å². The van der Waals surface area contributed by atoms with E-state index in [2.05, 4.69) is 62.3 Å². The van der Waals surface area contributed by atoms with Crippen LogP contribution >= 0.6 is 15.9 Å². The minimum atomic E-state index is 0.0910. The van der Waals surface area contributed by atoms with Crippen molar-refractivity contribution in [2.24, 2.45) is 5.84 Å². The summed E-state index contributed by atoms with van der Waals surface area (Å²) in [4.78, 5) is 0. The Morgan fingerprint density at radius 3 is 3.00 bits per heavy atom. The van der Waals surface area contributed by atoms with Gasteiger partial charge in [0, 0.05) is 12.5 Å². The summed E-state index contributed by atoms with van der Waals surface area (Å²) in [6, 6.07) is 8.67. The lowest BCUT2D eigenvalue weighted by Crippen LogP contribution is -2.38. The number of aryl methyl sites for hydroxylation is 1. The van der Waals surface area contributed by atoms with Crippen LogP contribution in [0.25, 0.3) is 0 Å². The van der Waals surface area contributed by atoms with Crippen LogP contribution in [-0.2, 0) is 13.0 Å². The van der Waals surface area contributed by atoms with Gasteiger partial charge in [0.15, 0.2) is 0 Å². The van der Waals surface area contributed by atoms with Crippen molar-refractivity contribution in [3.8, 4) is 0 Å². The van der Waals surface area contributed by atoms with Crippen molar-refractivity contribution in [2.75, 3.05) is 0 Å². The summed E-state index contributed by atoms with van der Waals surface area (Å²) in [7, 11) is 0. The third-order valence-electron chi connectivity index (χ3n) is 4.04. The van der Waals surface area contributed by atoms with E-state index in [-0.39, 0.29) is 6.04 Å². The Kier molecular flexibility index (Phi) is 3.92. The van der Waals surface area contributed by atoms with E-state index in [4.69, 9.17) is 5.84 Å². The molecule has 0 bridgehead atoms. The first-order valence-corrected chi connectivity index (χ1v) is 7.80. The maximum atomic E-state index is 5.85. The zero-order chi connectivity index (χ0) is 14.1. The van der Waals surface area contributed by atoms with Crippen molar-refractivity contribution in [3.05, 3.63) is 51.8 Å². The molecule has 1 heterocycles. The van der Waals surface area contributed by atoms with Gasteiger partial charge in [-0.05, 0) is 39.9 Å². The third kappa shape index (κ3) is 2.20. The van der Waals surface area contributed by atoms with Crippen LogP contribution in [0.15, 0.2) is 34.9 Å². The van der Waals surface area contributed by atoms with Gasteiger partial charge in [-0.25, -0.2) is 0 Å². The summed E-state index contributed by atoms with van der Waals surface area (Å²) in [5, 5.41) is 4.45. The molecule has 1 aliphatic carbocycles. The second-order valence-corrected chi connectivity index (χ2v) is 6.11. The molecule has 0 aliphatic heterocycles. The monoisotopic (exact) mass is 334 g/mol. The van der Waals surface area contributed by atoms with Gasteiger partial charge in [0.05, 0.1) is 22.4 Å². The van der Waals surface area contributed by atoms with Crippen LogP contribution in [-0.4, -0.2) is 9.78 Å². The van der Waals surface area contributed by atoms with Crippen molar-refractivity contribution in [1.29, 1.82) is 0 Å². The Hall–Kier alpha value is -1.17. The molecular weight excluding hydrogens is 316 g/mol. The molecule has 106 valence electrons. The molecule has 0 fully saturated rings. The number of nitrogens with zero attached hydrogens (tertiary/aromatic N) is 2. The summed E-state index contributed by atoms with van der Waals surface area (Å²) < 4.78 is 3.08. The average molecular weight is 335 g/mol. The molecule has 3 N–H and O–H groups in total. The van der Waals surface area contributed by atoms with E-state index >= 15 is 0 Å². The number of nitrogens with one attached hydrogen (secondary N) is 1. The normalized spacial score (nSPS) is 18.4. The number of aromatic nitrogens is 2. The highest BCUT2D eigenvalue weighted by Gasteiger charge is 2.35. The van der Waals surface area contributed by atoms with E-state index in [1.54, 1.807) is 0 Å². The molecule has 1 aromatic heterocycles. The van der Waals surface area contributed by atoms with E-state index in [0.717, 1.165) is 29.6 Å². The number of halogens is 1. The van der Waals surface area contributed by atoms with Gasteiger partial charge in [-0.2, -0.15) is 5.10 Å². The molecule has 4 nitrogen and oxygen atoms in total. The second-order valence-electron chi connectivity index (χ2n) is 5.25. The van der Waals surface area contributed by atoms with E-state index in [0.29, 0.717) is 5.92 Å². The summed E-state index contributed by atoms with van der Waals surface area (Å²) in [6.45, 7) is 3.07. The van der Waals surface area contributed by atoms with Crippen LogP contribution in [0.5, 0.6) is 0 Å². The minimum absolute atomic E-state index is 0.0910. The quantitative estimate of drug-likeness (QED) is 0.653. The summed E-state index contributed by atoms with van der Waals surface area (Å²) in [6.07, 6.45) is 3.98. The van der Waals surface area contributed by atoms with Crippen molar-refractivity contribution < 1.29 is 0 Å². The molecule has 2 aromatic rings. The maximum Gasteiger partial charge on any atom is 0.0715 e. The topological polar surface area (TPSA) is 55.9 Å². The van der Waals surface area contributed by atoms with E-state index in [1.807, 2.05) is 6.20 Å². The molecule has 2 unspecified atom stereocenters. The third-order valence-corrected chi connectivity index (χ3v) is 4.65. The highest BCUT2D eigenvalue weighted by Crippen LogP contribution is 2.44. The van der Waals surface area contributed by atoms with Gasteiger partial charge in [-0.1, -0.05) is 31.2 Å². The van der Waals surface area contributed by atoms with Gasteiger partial charge in [-0.3, -0.25) is 16.0 Å². The van der Waals surface area contributed by atoms with Gasteiger partial charge in [-0.15, -0.1) is 0 Å². The van der Waals surface area contributed by atoms with Gasteiger partial charge in [0.1, 0.15) is 0 Å². The molecule has 2 atom stereocenters. The zero-order valence-electron chi connectivity index (χ0n) is 11.5. The van der Waals surface area contributed by atoms with Gasteiger partial charge >= 0.3 is 0 Å². The zero-order valence-corrected chi connectivity index (χ0v) is 13.1. The Morgan fingerprint density at radius 1 is 1.50 bits per heavy atom. The number of fused-ring (bicyclic) bond motifs is 1. The van der Waals surface area contributed by atoms with Crippen molar-refractivity contribution in [2.45, 2.75) is 38.3 Å². The molecule has 0 saturated carbocycles. The summed E-state index contributed by atoms with van der Waals surface area (Å²) in [5.74, 6) is 6.27. The van der Waals surface area contributed by atoms with Crippen molar-refractivity contribution in [3.63, 3.8) is 0 Å². The largest absolute Gasteiger partial charge is 0.271 e. The molecule has 1 aliphatic rings. The Balaban J connectivity index is 1.94. The SMILES string of the molecule is CCCn1ncc(Br)c1C(NN)C1Cc2ccccc21. The lowest BCUT2D eigenvalue weighted by Gasteiger charge is -2.36. The molecule has 0 amide bonds. The molecular formula is C15H19BrN4. The molecule has 20 heavy (non-hydrogen) atoms. The number of benzene rings is 1. The fourth-order valence-electron chi connectivity index (χ4n) is 3.05. The van der Waals surface area contributed by atoms with Crippen molar-refractivity contribution in [1.82, 2.24) is 15.2 Å². The van der Waals surface area contributed by atoms with E-state index in [1.165, 1.54) is 11.1 Å². The highest BCUT2D eigenvalue weighted by atomic mass is 79.9. The Bertz CT molecular complexity index is 608. The predicted octanol–water partition coefficient (Wildman–Crippen LogP) is 2.90. The van der Waals surface area contributed by atoms with Gasteiger partial charge in [0.2, 0.25) is 0 Å². The first-order valence-electron chi connectivity index (χ1n) is 7.01. The highest BCUT2D eigenvalue weighted by molar-refractivity contribution is 9.10. The van der Waals surface area contributed by atoms with E-state index in [9.17, 15) is 0 Å². The first kappa shape index (κ1) is 13.8. The average Bonchev–Trinajstić information content (AvgIpc) is 2.78. The summed E-state index contributed by atoms with van der Waals surface area (Å²) in [5.41, 5.74) is 6.96. The Labute approximate surface area is 127 Å². The van der Waals surface area contributed by atoms with Crippen LogP contribution in [0.4, 0.5) is 0 Å². The molecule has 3 rings (SSSR count). The number of hydrogen-bond acceptors (Lipinski definition) is 3. The lowest BCUT2D eigenvalue weighted by atomic mass is 9.73. The number of hydrazine groups is 1. The molecule has 0 saturated heterocycles. The number of rotatable bonds is 5. The van der Waals surface area contributed by atoms with Crippen LogP contribution in [0.1, 0.15) is 42.1 Å². The number of hydrogen-bond donors (Lipinski definition) is 2. The fourth-order valence-corrected chi connectivity index (χ4v) is 3.59. The van der Waals surface area contributed by atoms with Gasteiger partial charge < -0.3 is 0 Å². The van der Waals surface area contributed by atoms with Crippen LogP contribution in [0, 0.1) is 0 Å². The van der Waals surface area contributed by atoms with Crippen LogP contribution in [0.2, 0.25) is 0 Å². The van der Waals surface area contributed by atoms with Gasteiger partial charge in [0.25, 0.3) is 0 Å². The molecule has 5 heteroatoms. The van der Waals surface area contributed by atoms with Crippen LogP contribution < -0.4 is 11.3 Å². The number of nitrogens with two attached hydrogens (primary N) is 1. The minimum Gasteiger partial charge on any atom is -0.271 e. The second kappa shape index (κ2) is 5.68. The Morgan fingerprint density at radius 2 is 2.30 bits per heavy atom. The molecule has 0 spiro atoms. The van der Waals surface area contributed by atoms with Crippen molar-refractivity contribution >= 4 is 15.9 Å². The maximum absolute atomic E-state index is 5.85. The molecule has 1 aromatic carbocycles. The first-order chi connectivity index (χ1) is 9.76. The standard InChI is InChI=1S/C15H19BrN4/c1-2-7-20-15(13(16)9-18-20)14(19-17)12-8-10-5-3-4-6-11(10)12/h3-6,9,12,14,19H,2,7-8,17H2,1H3. The molecule has 0 radical (unpaired) electrons. The predicted molar refractivity (Wildman–Crippen MR) is 83.2 cm³/mol. The smallest absolute Gasteiger partial charge is 0.0715 e. The fraction of sp³-hybridized carbons (Fsp3) is 0.400.